The lowest BCUT2D eigenvalue weighted by atomic mass is 9.72. The van der Waals surface area contributed by atoms with Crippen LogP contribution in [0, 0.1) is 23.2 Å². The molecule has 0 spiro atoms. The Morgan fingerprint density at radius 2 is 1.61 bits per heavy atom. The molecule has 3 atom stereocenters. The van der Waals surface area contributed by atoms with Crippen molar-refractivity contribution in [3.8, 4) is 0 Å². The van der Waals surface area contributed by atoms with Gasteiger partial charge in [-0.2, -0.15) is 0 Å². The highest BCUT2D eigenvalue weighted by molar-refractivity contribution is 4.81. The summed E-state index contributed by atoms with van der Waals surface area (Å²) in [6, 6.07) is 0. The van der Waals surface area contributed by atoms with Crippen LogP contribution in [0.15, 0.2) is 0 Å². The third kappa shape index (κ3) is 6.36. The molecule has 3 heteroatoms. The molecule has 2 rings (SSSR count). The van der Waals surface area contributed by atoms with E-state index in [4.69, 9.17) is 4.74 Å². The molecule has 1 saturated heterocycles. The molecule has 0 aromatic carbocycles. The van der Waals surface area contributed by atoms with Crippen LogP contribution in [0.5, 0.6) is 0 Å². The number of hydrogen-bond donors (Lipinski definition) is 1. The fourth-order valence-electron chi connectivity index (χ4n) is 4.63. The van der Waals surface area contributed by atoms with Crippen molar-refractivity contribution in [3.05, 3.63) is 0 Å². The number of nitrogens with zero attached hydrogens (tertiary/aromatic N) is 1. The number of aliphatic hydroxyl groups is 1. The minimum atomic E-state index is -0.340. The fourth-order valence-corrected chi connectivity index (χ4v) is 4.63. The van der Waals surface area contributed by atoms with Gasteiger partial charge in [-0.25, -0.2) is 0 Å². The topological polar surface area (TPSA) is 32.7 Å². The maximum Gasteiger partial charge on any atom is 0.0900 e. The minimum absolute atomic E-state index is 0.340. The van der Waals surface area contributed by atoms with Gasteiger partial charge in [0.2, 0.25) is 0 Å². The molecule has 0 amide bonds. The van der Waals surface area contributed by atoms with E-state index in [1.54, 1.807) is 0 Å². The Hall–Kier alpha value is -0.120. The highest BCUT2D eigenvalue weighted by Gasteiger charge is 2.30. The van der Waals surface area contributed by atoms with E-state index in [-0.39, 0.29) is 6.10 Å². The van der Waals surface area contributed by atoms with E-state index in [2.05, 4.69) is 39.5 Å². The van der Waals surface area contributed by atoms with Gasteiger partial charge in [-0.3, -0.25) is 0 Å². The monoisotopic (exact) mass is 325 g/mol. The highest BCUT2D eigenvalue weighted by atomic mass is 16.5. The molecule has 1 saturated carbocycles. The van der Waals surface area contributed by atoms with Crippen molar-refractivity contribution in [1.82, 2.24) is 4.90 Å². The van der Waals surface area contributed by atoms with Crippen molar-refractivity contribution in [1.29, 1.82) is 0 Å². The van der Waals surface area contributed by atoms with Crippen molar-refractivity contribution in [2.75, 3.05) is 26.2 Å². The maximum atomic E-state index is 10.3. The van der Waals surface area contributed by atoms with Crippen LogP contribution < -0.4 is 0 Å². The van der Waals surface area contributed by atoms with Crippen molar-refractivity contribution in [2.24, 2.45) is 23.2 Å². The Kier molecular flexibility index (Phi) is 6.94. The number of hydrogen-bond acceptors (Lipinski definition) is 3. The Morgan fingerprint density at radius 1 is 1.04 bits per heavy atom. The van der Waals surface area contributed by atoms with Gasteiger partial charge in [-0.05, 0) is 55.3 Å². The van der Waals surface area contributed by atoms with E-state index in [0.717, 1.165) is 50.2 Å². The first-order valence-electron chi connectivity index (χ1n) is 9.76. The van der Waals surface area contributed by atoms with Gasteiger partial charge in [0.05, 0.1) is 18.8 Å². The molecule has 1 aliphatic carbocycles. The van der Waals surface area contributed by atoms with Crippen LogP contribution in [0.25, 0.3) is 0 Å². The summed E-state index contributed by atoms with van der Waals surface area (Å²) in [5.41, 5.74) is 0.423. The zero-order chi connectivity index (χ0) is 17.0. The lowest BCUT2D eigenvalue weighted by Gasteiger charge is -2.38. The van der Waals surface area contributed by atoms with Crippen LogP contribution in [0.2, 0.25) is 0 Å². The molecular formula is C20H39NO2. The molecule has 1 heterocycles. The molecule has 23 heavy (non-hydrogen) atoms. The first kappa shape index (κ1) is 19.2. The Morgan fingerprint density at radius 3 is 2.13 bits per heavy atom. The summed E-state index contributed by atoms with van der Waals surface area (Å²) in [7, 11) is 0. The number of ether oxygens (including phenoxy) is 1. The van der Waals surface area contributed by atoms with E-state index in [1.165, 1.54) is 19.3 Å². The molecule has 1 aliphatic heterocycles. The SMILES string of the molecule is CC1CC(C)CN(CC(O)COC2CCC(C(C)(C)C)CC2)C1. The molecule has 136 valence electrons. The van der Waals surface area contributed by atoms with Crippen LogP contribution in [0.3, 0.4) is 0 Å². The second-order valence-corrected chi connectivity index (χ2v) is 9.49. The van der Waals surface area contributed by atoms with Gasteiger partial charge in [-0.15, -0.1) is 0 Å². The molecule has 0 radical (unpaired) electrons. The molecule has 0 bridgehead atoms. The summed E-state index contributed by atoms with van der Waals surface area (Å²) in [5.74, 6) is 2.32. The number of β-amino-alcohol motifs (C(OH)–C–C–N with tert-alkyl or cyclic N) is 1. The molecular weight excluding hydrogens is 286 g/mol. The Balaban J connectivity index is 1.64. The third-order valence-corrected chi connectivity index (χ3v) is 5.84. The summed E-state index contributed by atoms with van der Waals surface area (Å²) >= 11 is 0. The Labute approximate surface area is 143 Å². The first-order chi connectivity index (χ1) is 10.7. The van der Waals surface area contributed by atoms with Crippen molar-refractivity contribution in [3.63, 3.8) is 0 Å². The molecule has 3 nitrogen and oxygen atoms in total. The quantitative estimate of drug-likeness (QED) is 0.831. The highest BCUT2D eigenvalue weighted by Crippen LogP contribution is 2.38. The van der Waals surface area contributed by atoms with E-state index in [9.17, 15) is 5.11 Å². The zero-order valence-electron chi connectivity index (χ0n) is 16.1. The number of piperidine rings is 1. The largest absolute Gasteiger partial charge is 0.389 e. The molecule has 1 N–H and O–H groups in total. The smallest absolute Gasteiger partial charge is 0.0900 e. The van der Waals surface area contributed by atoms with Gasteiger partial charge in [0.1, 0.15) is 0 Å². The first-order valence-corrected chi connectivity index (χ1v) is 9.76. The maximum absolute atomic E-state index is 10.3. The van der Waals surface area contributed by atoms with Crippen LogP contribution >= 0.6 is 0 Å². The Bertz CT molecular complexity index is 334. The summed E-state index contributed by atoms with van der Waals surface area (Å²) in [4.78, 5) is 2.42. The van der Waals surface area contributed by atoms with Gasteiger partial charge in [-0.1, -0.05) is 34.6 Å². The minimum Gasteiger partial charge on any atom is -0.389 e. The van der Waals surface area contributed by atoms with Gasteiger partial charge >= 0.3 is 0 Å². The van der Waals surface area contributed by atoms with E-state index in [1.807, 2.05) is 0 Å². The average Bonchev–Trinajstić information content (AvgIpc) is 2.43. The number of aliphatic hydroxyl groups excluding tert-OH is 1. The van der Waals surface area contributed by atoms with E-state index < -0.39 is 0 Å². The summed E-state index contributed by atoms with van der Waals surface area (Å²) in [6.45, 7) is 15.2. The lowest BCUT2D eigenvalue weighted by Crippen LogP contribution is -2.44. The molecule has 0 aromatic rings. The predicted molar refractivity (Wildman–Crippen MR) is 96.5 cm³/mol. The second-order valence-electron chi connectivity index (χ2n) is 9.49. The molecule has 2 fully saturated rings. The number of rotatable bonds is 5. The average molecular weight is 326 g/mol. The fraction of sp³-hybridized carbons (Fsp3) is 1.00. The van der Waals surface area contributed by atoms with Crippen LogP contribution in [0.1, 0.15) is 66.7 Å². The van der Waals surface area contributed by atoms with Gasteiger partial charge in [0.15, 0.2) is 0 Å². The molecule has 0 aromatic heterocycles. The molecule has 3 unspecified atom stereocenters. The second kappa shape index (κ2) is 8.31. The third-order valence-electron chi connectivity index (χ3n) is 5.84. The van der Waals surface area contributed by atoms with E-state index >= 15 is 0 Å². The van der Waals surface area contributed by atoms with Gasteiger partial charge in [0.25, 0.3) is 0 Å². The molecule has 2 aliphatic rings. The summed E-state index contributed by atoms with van der Waals surface area (Å²) in [6.07, 6.45) is 6.20. The van der Waals surface area contributed by atoms with E-state index in [0.29, 0.717) is 18.1 Å². The van der Waals surface area contributed by atoms with Crippen molar-refractivity contribution >= 4 is 0 Å². The van der Waals surface area contributed by atoms with Crippen molar-refractivity contribution < 1.29 is 9.84 Å². The lowest BCUT2D eigenvalue weighted by molar-refractivity contribution is -0.0482. The van der Waals surface area contributed by atoms with Crippen LogP contribution in [0.4, 0.5) is 0 Å². The summed E-state index contributed by atoms with van der Waals surface area (Å²) < 4.78 is 6.02. The predicted octanol–water partition coefficient (Wildman–Crippen LogP) is 3.95. The van der Waals surface area contributed by atoms with Crippen LogP contribution in [-0.4, -0.2) is 48.5 Å². The van der Waals surface area contributed by atoms with Crippen molar-refractivity contribution in [2.45, 2.75) is 78.9 Å². The van der Waals surface area contributed by atoms with Crippen LogP contribution in [-0.2, 0) is 4.74 Å². The normalized spacial score (nSPS) is 35.2. The summed E-state index contributed by atoms with van der Waals surface area (Å²) in [5, 5.41) is 10.3. The standard InChI is InChI=1S/C20H39NO2/c1-15-10-16(2)12-21(11-15)13-18(22)14-23-19-8-6-17(7-9-19)20(3,4)5/h15-19,22H,6-14H2,1-5H3. The zero-order valence-corrected chi connectivity index (χ0v) is 16.1. The van der Waals surface area contributed by atoms with Gasteiger partial charge in [0, 0.05) is 19.6 Å². The number of likely N-dealkylation sites (tertiary alicyclic amines) is 1. The van der Waals surface area contributed by atoms with Gasteiger partial charge < -0.3 is 14.7 Å².